The predicted molar refractivity (Wildman–Crippen MR) is 133 cm³/mol. The molecule has 2 unspecified atom stereocenters. The minimum Gasteiger partial charge on any atom is -0.481 e. The fraction of sp³-hybridized carbons (Fsp3) is 0.464. The van der Waals surface area contributed by atoms with E-state index < -0.39 is 23.5 Å². The van der Waals surface area contributed by atoms with Crippen molar-refractivity contribution >= 4 is 18.0 Å². The second-order valence-electron chi connectivity index (χ2n) is 10.3. The zero-order chi connectivity index (χ0) is 25.0. The van der Waals surface area contributed by atoms with Gasteiger partial charge in [-0.3, -0.25) is 9.59 Å². The third kappa shape index (κ3) is 5.84. The lowest BCUT2D eigenvalue weighted by Gasteiger charge is -2.28. The Labute approximate surface area is 206 Å². The highest BCUT2D eigenvalue weighted by atomic mass is 16.5. The Bertz CT molecular complexity index is 1050. The van der Waals surface area contributed by atoms with E-state index in [0.717, 1.165) is 41.5 Å². The molecule has 7 heteroatoms. The molecule has 0 saturated heterocycles. The van der Waals surface area contributed by atoms with E-state index in [0.29, 0.717) is 12.8 Å². The number of aliphatic carboxylic acids is 1. The maximum absolute atomic E-state index is 12.7. The number of carboxylic acids is 1. The largest absolute Gasteiger partial charge is 0.481 e. The van der Waals surface area contributed by atoms with Crippen molar-refractivity contribution in [2.75, 3.05) is 6.61 Å². The van der Waals surface area contributed by atoms with E-state index in [-0.39, 0.29) is 30.9 Å². The predicted octanol–water partition coefficient (Wildman–Crippen LogP) is 4.84. The summed E-state index contributed by atoms with van der Waals surface area (Å²) in [7, 11) is 0. The van der Waals surface area contributed by atoms with Crippen LogP contribution in [0.2, 0.25) is 0 Å². The Morgan fingerprint density at radius 3 is 2.17 bits per heavy atom. The average molecular weight is 479 g/mol. The van der Waals surface area contributed by atoms with Gasteiger partial charge < -0.3 is 20.5 Å². The summed E-state index contributed by atoms with van der Waals surface area (Å²) in [6, 6.07) is 15.9. The molecule has 2 aliphatic carbocycles. The molecule has 0 radical (unpaired) electrons. The van der Waals surface area contributed by atoms with Crippen LogP contribution in [0.5, 0.6) is 0 Å². The summed E-state index contributed by atoms with van der Waals surface area (Å²) in [5, 5.41) is 15.3. The van der Waals surface area contributed by atoms with Crippen molar-refractivity contribution < 1.29 is 24.2 Å². The maximum Gasteiger partial charge on any atom is 0.407 e. The third-order valence-corrected chi connectivity index (χ3v) is 7.07. The highest BCUT2D eigenvalue weighted by Crippen LogP contribution is 2.44. The summed E-state index contributed by atoms with van der Waals surface area (Å²) in [6.07, 6.45) is 3.41. The molecule has 0 heterocycles. The normalized spacial score (nSPS) is 19.7. The number of hydrogen-bond donors (Lipinski definition) is 3. The highest BCUT2D eigenvalue weighted by molar-refractivity contribution is 5.81. The van der Waals surface area contributed by atoms with Gasteiger partial charge in [-0.2, -0.15) is 0 Å². The Kier molecular flexibility index (Phi) is 7.43. The zero-order valence-corrected chi connectivity index (χ0v) is 20.4. The molecular formula is C28H34N2O5. The molecule has 1 fully saturated rings. The van der Waals surface area contributed by atoms with Gasteiger partial charge in [-0.15, -0.1) is 0 Å². The lowest BCUT2D eigenvalue weighted by Crippen LogP contribution is -2.50. The number of amides is 2. The van der Waals surface area contributed by atoms with Gasteiger partial charge in [-0.25, -0.2) is 4.79 Å². The van der Waals surface area contributed by atoms with Crippen molar-refractivity contribution in [1.82, 2.24) is 10.6 Å². The summed E-state index contributed by atoms with van der Waals surface area (Å²) in [5.74, 6) is -1.75. The molecule has 7 nitrogen and oxygen atoms in total. The number of hydrogen-bond acceptors (Lipinski definition) is 4. The molecule has 0 spiro atoms. The standard InChI is InChI=1S/C28H34N2O5/c1-28(2,16-25(31)29-24-15-5-3-4-14-22(24)26(32)33)30-27(34)35-17-23-20-12-8-6-10-18(20)19-11-7-9-13-21(19)23/h6-13,22-24H,3-5,14-17H2,1-2H3,(H,29,31)(H,30,34)(H,32,33). The second kappa shape index (κ2) is 10.5. The average Bonchev–Trinajstić information content (AvgIpc) is 2.93. The van der Waals surface area contributed by atoms with E-state index in [1.807, 2.05) is 24.3 Å². The Morgan fingerprint density at radius 2 is 1.54 bits per heavy atom. The van der Waals surface area contributed by atoms with E-state index in [9.17, 15) is 19.5 Å². The first-order valence-electron chi connectivity index (χ1n) is 12.4. The van der Waals surface area contributed by atoms with E-state index in [1.54, 1.807) is 13.8 Å². The smallest absolute Gasteiger partial charge is 0.407 e. The number of alkyl carbamates (subject to hydrolysis) is 1. The minimum atomic E-state index is -0.867. The lowest BCUT2D eigenvalue weighted by molar-refractivity contribution is -0.143. The molecular weight excluding hydrogens is 444 g/mol. The number of ether oxygens (including phenoxy) is 1. The molecule has 4 rings (SSSR count). The van der Waals surface area contributed by atoms with Crippen molar-refractivity contribution in [3.05, 3.63) is 59.7 Å². The highest BCUT2D eigenvalue weighted by Gasteiger charge is 2.33. The number of carboxylic acid groups (broad SMARTS) is 1. The second-order valence-corrected chi connectivity index (χ2v) is 10.3. The molecule has 186 valence electrons. The summed E-state index contributed by atoms with van der Waals surface area (Å²) in [5.41, 5.74) is 3.74. The number of carbonyl (C=O) groups is 3. The molecule has 0 aliphatic heterocycles. The van der Waals surface area contributed by atoms with Gasteiger partial charge in [-0.1, -0.05) is 67.8 Å². The summed E-state index contributed by atoms with van der Waals surface area (Å²) in [4.78, 5) is 37.0. The number of benzene rings is 2. The third-order valence-electron chi connectivity index (χ3n) is 7.07. The van der Waals surface area contributed by atoms with Crippen molar-refractivity contribution in [3.63, 3.8) is 0 Å². The summed E-state index contributed by atoms with van der Waals surface area (Å²) in [6.45, 7) is 3.72. The molecule has 0 aromatic heterocycles. The van der Waals surface area contributed by atoms with Crippen LogP contribution in [0.25, 0.3) is 11.1 Å². The van der Waals surface area contributed by atoms with Gasteiger partial charge in [0.15, 0.2) is 0 Å². The first-order valence-corrected chi connectivity index (χ1v) is 12.4. The topological polar surface area (TPSA) is 105 Å². The first-order chi connectivity index (χ1) is 16.7. The number of rotatable bonds is 7. The number of fused-ring (bicyclic) bond motifs is 3. The van der Waals surface area contributed by atoms with Crippen LogP contribution in [0, 0.1) is 5.92 Å². The first kappa shape index (κ1) is 24.8. The Balaban J connectivity index is 1.32. The lowest BCUT2D eigenvalue weighted by atomic mass is 9.93. The molecule has 2 aliphatic rings. The van der Waals surface area contributed by atoms with Gasteiger partial charge in [0.05, 0.1) is 5.92 Å². The van der Waals surface area contributed by atoms with Crippen molar-refractivity contribution in [2.45, 2.75) is 69.9 Å². The van der Waals surface area contributed by atoms with E-state index in [2.05, 4.69) is 34.9 Å². The van der Waals surface area contributed by atoms with Crippen LogP contribution in [0.4, 0.5) is 4.79 Å². The number of nitrogens with one attached hydrogen (secondary N) is 2. The number of carbonyl (C=O) groups excluding carboxylic acids is 2. The molecule has 2 amide bonds. The summed E-state index contributed by atoms with van der Waals surface area (Å²) < 4.78 is 5.61. The van der Waals surface area contributed by atoms with Crippen LogP contribution in [0.1, 0.15) is 69.4 Å². The molecule has 0 bridgehead atoms. The van der Waals surface area contributed by atoms with Crippen LogP contribution in [0.3, 0.4) is 0 Å². The van der Waals surface area contributed by atoms with Gasteiger partial charge in [0.25, 0.3) is 0 Å². The fourth-order valence-corrected chi connectivity index (χ4v) is 5.39. The van der Waals surface area contributed by atoms with E-state index >= 15 is 0 Å². The molecule has 3 N–H and O–H groups in total. The van der Waals surface area contributed by atoms with E-state index in [1.165, 1.54) is 0 Å². The zero-order valence-electron chi connectivity index (χ0n) is 20.4. The molecule has 1 saturated carbocycles. The van der Waals surface area contributed by atoms with Crippen LogP contribution in [-0.2, 0) is 14.3 Å². The Morgan fingerprint density at radius 1 is 0.943 bits per heavy atom. The SMILES string of the molecule is CC(C)(CC(=O)NC1CCCCCC1C(=O)O)NC(=O)OCC1c2ccccc2-c2ccccc21. The fourth-order valence-electron chi connectivity index (χ4n) is 5.39. The Hall–Kier alpha value is -3.35. The van der Waals surface area contributed by atoms with Crippen molar-refractivity contribution in [3.8, 4) is 11.1 Å². The van der Waals surface area contributed by atoms with E-state index in [4.69, 9.17) is 4.74 Å². The van der Waals surface area contributed by atoms with Crippen LogP contribution >= 0.6 is 0 Å². The molecule has 2 aromatic carbocycles. The van der Waals surface area contributed by atoms with Gasteiger partial charge in [0, 0.05) is 23.9 Å². The van der Waals surface area contributed by atoms with Crippen LogP contribution in [0.15, 0.2) is 48.5 Å². The summed E-state index contributed by atoms with van der Waals surface area (Å²) >= 11 is 0. The van der Waals surface area contributed by atoms with Gasteiger partial charge in [0.1, 0.15) is 6.61 Å². The minimum absolute atomic E-state index is 0.0278. The van der Waals surface area contributed by atoms with Gasteiger partial charge in [0.2, 0.25) is 5.91 Å². The van der Waals surface area contributed by atoms with Crippen LogP contribution < -0.4 is 10.6 Å². The maximum atomic E-state index is 12.7. The molecule has 2 aromatic rings. The van der Waals surface area contributed by atoms with Gasteiger partial charge in [-0.05, 0) is 48.9 Å². The quantitative estimate of drug-likeness (QED) is 0.494. The molecule has 2 atom stereocenters. The van der Waals surface area contributed by atoms with Crippen molar-refractivity contribution in [2.24, 2.45) is 5.92 Å². The van der Waals surface area contributed by atoms with Gasteiger partial charge >= 0.3 is 12.1 Å². The van der Waals surface area contributed by atoms with Crippen molar-refractivity contribution in [1.29, 1.82) is 0 Å². The monoisotopic (exact) mass is 478 g/mol. The molecule has 35 heavy (non-hydrogen) atoms. The van der Waals surface area contributed by atoms with Crippen LogP contribution in [-0.4, -0.2) is 41.3 Å².